The van der Waals surface area contributed by atoms with E-state index in [9.17, 15) is 8.78 Å². The molecule has 0 aliphatic heterocycles. The first-order valence-corrected chi connectivity index (χ1v) is 11.5. The first-order chi connectivity index (χ1) is 15.2. The highest BCUT2D eigenvalue weighted by atomic mass is 35.5. The zero-order valence-corrected chi connectivity index (χ0v) is 20.5. The highest BCUT2D eigenvalue weighted by Crippen LogP contribution is 2.36. The highest BCUT2D eigenvalue weighted by Gasteiger charge is 2.32. The molecule has 0 aliphatic rings. The number of hydrogen-bond donors (Lipinski definition) is 0. The van der Waals surface area contributed by atoms with Crippen molar-refractivity contribution in [2.45, 2.75) is 32.9 Å². The van der Waals surface area contributed by atoms with Gasteiger partial charge < -0.3 is 0 Å². The van der Waals surface area contributed by atoms with Gasteiger partial charge in [0.1, 0.15) is 5.69 Å². The number of halogens is 4. The lowest BCUT2D eigenvalue weighted by atomic mass is 10.00. The Balaban J connectivity index is 0.00000141. The van der Waals surface area contributed by atoms with Crippen molar-refractivity contribution < 1.29 is 8.78 Å². The predicted molar refractivity (Wildman–Crippen MR) is 131 cm³/mol. The summed E-state index contributed by atoms with van der Waals surface area (Å²) in [6.07, 6.45) is 0.0208. The molecule has 4 nitrogen and oxygen atoms in total. The zero-order chi connectivity index (χ0) is 23.5. The van der Waals surface area contributed by atoms with E-state index in [1.54, 1.807) is 27.4 Å². The van der Waals surface area contributed by atoms with Crippen molar-refractivity contribution in [3.05, 3.63) is 70.5 Å². The molecule has 0 spiro atoms. The van der Waals surface area contributed by atoms with Crippen LogP contribution in [0, 0.1) is 5.92 Å². The molecule has 0 fully saturated rings. The van der Waals surface area contributed by atoms with Crippen LogP contribution in [0.25, 0.3) is 28.0 Å². The van der Waals surface area contributed by atoms with Crippen molar-refractivity contribution >= 4 is 38.1 Å². The quantitative estimate of drug-likeness (QED) is 0.270. The topological polar surface area (TPSA) is 43.1 Å². The lowest BCUT2D eigenvalue weighted by Crippen LogP contribution is -2.21. The van der Waals surface area contributed by atoms with E-state index in [0.29, 0.717) is 27.2 Å². The summed E-state index contributed by atoms with van der Waals surface area (Å²) < 4.78 is 28.9. The summed E-state index contributed by atoms with van der Waals surface area (Å²) >= 11 is 12.5. The van der Waals surface area contributed by atoms with Gasteiger partial charge in [-0.1, -0.05) is 83.5 Å². The van der Waals surface area contributed by atoms with Crippen molar-refractivity contribution in [3.63, 3.8) is 0 Å². The average Bonchev–Trinajstić information content (AvgIpc) is 3.16. The molecule has 2 unspecified atom stereocenters. The molecule has 32 heavy (non-hydrogen) atoms. The molecule has 9 heteroatoms. The Morgan fingerprint density at radius 2 is 1.66 bits per heavy atom. The van der Waals surface area contributed by atoms with Crippen LogP contribution in [0.4, 0.5) is 8.78 Å². The van der Waals surface area contributed by atoms with Crippen LogP contribution < -0.4 is 0 Å². The molecule has 4 aromatic rings. The molecule has 0 aliphatic carbocycles. The van der Waals surface area contributed by atoms with E-state index in [4.69, 9.17) is 28.3 Å². The van der Waals surface area contributed by atoms with Crippen molar-refractivity contribution in [3.8, 4) is 22.4 Å². The van der Waals surface area contributed by atoms with Crippen molar-refractivity contribution in [1.82, 2.24) is 19.8 Å². The molecule has 0 bridgehead atoms. The maximum atomic E-state index is 13.7. The van der Waals surface area contributed by atoms with Gasteiger partial charge in [-0.05, 0) is 29.8 Å². The lowest BCUT2D eigenvalue weighted by Gasteiger charge is -2.18. The minimum atomic E-state index is -2.92. The molecule has 0 amide bonds. The summed E-state index contributed by atoms with van der Waals surface area (Å²) in [6.45, 7) is 5.46. The minimum Gasteiger partial charge on any atom is -0.202 e. The molecule has 0 saturated carbocycles. The number of rotatable bonds is 5. The van der Waals surface area contributed by atoms with E-state index < -0.39 is 11.6 Å². The monoisotopic (exact) mass is 494 g/mol. The van der Waals surface area contributed by atoms with Crippen LogP contribution >= 0.6 is 32.4 Å². The Morgan fingerprint density at radius 1 is 1.00 bits per heavy atom. The largest absolute Gasteiger partial charge is 0.261 e. The molecule has 2 heterocycles. The third-order valence-corrected chi connectivity index (χ3v) is 6.04. The minimum absolute atomic E-state index is 0.0208. The maximum Gasteiger partial charge on any atom is 0.261 e. The molecular formula is C23H23Cl2F2N4P. The Bertz CT molecular complexity index is 1210. The summed E-state index contributed by atoms with van der Waals surface area (Å²) in [5, 5.41) is 14.1. The van der Waals surface area contributed by atoms with E-state index in [-0.39, 0.29) is 6.42 Å². The lowest BCUT2D eigenvalue weighted by molar-refractivity contribution is 0.0439. The first kappa shape index (κ1) is 24.5. The molecule has 0 N–H and O–H groups in total. The fourth-order valence-electron chi connectivity index (χ4n) is 3.12. The number of hydrogen-bond acceptors (Lipinski definition) is 3. The van der Waals surface area contributed by atoms with E-state index in [0.717, 1.165) is 16.7 Å². The van der Waals surface area contributed by atoms with Crippen LogP contribution in [-0.2, 0) is 6.42 Å². The molecule has 2 aromatic heterocycles. The average molecular weight is 495 g/mol. The summed E-state index contributed by atoms with van der Waals surface area (Å²) in [6, 6.07) is 16.5. The van der Waals surface area contributed by atoms with E-state index in [1.165, 1.54) is 11.4 Å². The molecule has 2 atom stereocenters. The van der Waals surface area contributed by atoms with Gasteiger partial charge in [-0.15, -0.1) is 10.2 Å². The van der Waals surface area contributed by atoms with Crippen LogP contribution in [0.3, 0.4) is 0 Å². The van der Waals surface area contributed by atoms with Gasteiger partial charge in [0, 0.05) is 28.5 Å². The van der Waals surface area contributed by atoms with Crippen molar-refractivity contribution in [1.29, 1.82) is 0 Å². The molecule has 0 saturated heterocycles. The fourth-order valence-corrected chi connectivity index (χ4v) is 3.58. The SMILES string of the molecule is CC.CC(Cc1nnc2cc(-c3ccc(Cl)cc3)c(-c3ccccc3Cl)nn12)C(F)(F)P. The van der Waals surface area contributed by atoms with E-state index in [1.807, 2.05) is 50.2 Å². The van der Waals surface area contributed by atoms with Gasteiger partial charge in [-0.2, -0.15) is 9.61 Å². The Hall–Kier alpha value is -2.14. The van der Waals surface area contributed by atoms with Gasteiger partial charge >= 0.3 is 0 Å². The summed E-state index contributed by atoms with van der Waals surface area (Å²) in [7, 11) is 1.58. The van der Waals surface area contributed by atoms with Gasteiger partial charge in [0.25, 0.3) is 5.66 Å². The van der Waals surface area contributed by atoms with Gasteiger partial charge in [0.05, 0.1) is 5.02 Å². The molecule has 2 aromatic carbocycles. The van der Waals surface area contributed by atoms with E-state index in [2.05, 4.69) is 10.2 Å². The van der Waals surface area contributed by atoms with Crippen LogP contribution in [0.1, 0.15) is 26.6 Å². The second-order valence-electron chi connectivity index (χ2n) is 7.06. The second-order valence-corrected chi connectivity index (χ2v) is 8.67. The number of benzene rings is 2. The number of nitrogens with zero attached hydrogens (tertiary/aromatic N) is 4. The Labute approximate surface area is 198 Å². The smallest absolute Gasteiger partial charge is 0.202 e. The molecular weight excluding hydrogens is 472 g/mol. The number of fused-ring (bicyclic) bond motifs is 1. The van der Waals surface area contributed by atoms with Gasteiger partial charge in [-0.3, -0.25) is 0 Å². The second kappa shape index (κ2) is 10.2. The zero-order valence-electron chi connectivity index (χ0n) is 17.9. The summed E-state index contributed by atoms with van der Waals surface area (Å²) in [5.74, 6) is -0.591. The van der Waals surface area contributed by atoms with Crippen molar-refractivity contribution in [2.75, 3.05) is 0 Å². The van der Waals surface area contributed by atoms with Gasteiger partial charge in [-0.25, -0.2) is 8.78 Å². The third kappa shape index (κ3) is 5.25. The van der Waals surface area contributed by atoms with Crippen LogP contribution in [0.15, 0.2) is 54.6 Å². The maximum absolute atomic E-state index is 13.7. The van der Waals surface area contributed by atoms with Crippen LogP contribution in [-0.4, -0.2) is 25.5 Å². The summed E-state index contributed by atoms with van der Waals surface area (Å²) in [4.78, 5) is 0. The first-order valence-electron chi connectivity index (χ1n) is 10.2. The van der Waals surface area contributed by atoms with Gasteiger partial charge in [0.15, 0.2) is 11.5 Å². The molecule has 0 radical (unpaired) electrons. The Morgan fingerprint density at radius 3 is 2.28 bits per heavy atom. The fraction of sp³-hybridized carbons (Fsp3) is 0.261. The van der Waals surface area contributed by atoms with Crippen LogP contribution in [0.2, 0.25) is 10.0 Å². The summed E-state index contributed by atoms with van der Waals surface area (Å²) in [5.41, 5.74) is 0.525. The third-order valence-electron chi connectivity index (χ3n) is 4.89. The van der Waals surface area contributed by atoms with Crippen LogP contribution in [0.5, 0.6) is 0 Å². The Kier molecular flexibility index (Phi) is 7.81. The highest BCUT2D eigenvalue weighted by molar-refractivity contribution is 7.18. The number of alkyl halides is 2. The van der Waals surface area contributed by atoms with E-state index >= 15 is 0 Å². The standard InChI is InChI=1S/C21H17Cl2F2N4P.C2H6/c1-12(21(24,25)30)10-18-26-27-19-11-16(13-6-8-14(22)9-7-13)20(28-29(18)19)15-4-2-3-5-17(15)23;1-2/h2-9,11-12H,10,30H2,1H3;1-2H3. The normalized spacial score (nSPS) is 12.4. The molecule has 4 rings (SSSR count). The molecule has 168 valence electrons. The van der Waals surface area contributed by atoms with Crippen molar-refractivity contribution in [2.24, 2.45) is 5.92 Å². The number of aromatic nitrogens is 4. The van der Waals surface area contributed by atoms with Gasteiger partial charge in [0.2, 0.25) is 0 Å². The predicted octanol–water partition coefficient (Wildman–Crippen LogP) is 7.44.